The van der Waals surface area contributed by atoms with Crippen molar-refractivity contribution in [3.8, 4) is 17.6 Å². The van der Waals surface area contributed by atoms with E-state index in [0.29, 0.717) is 19.6 Å². The Balaban J connectivity index is 2.04. The molecule has 0 fully saturated rings. The Labute approximate surface area is 93.0 Å². The highest BCUT2D eigenvalue weighted by molar-refractivity contribution is 7.99. The molecule has 15 heavy (non-hydrogen) atoms. The van der Waals surface area contributed by atoms with Crippen LogP contribution in [0, 0.1) is 11.3 Å². The lowest BCUT2D eigenvalue weighted by Crippen LogP contribution is -2.15. The summed E-state index contributed by atoms with van der Waals surface area (Å²) in [6.45, 7) is 1.23. The van der Waals surface area contributed by atoms with Crippen LogP contribution in [0.15, 0.2) is 23.1 Å². The molecule has 2 rings (SSSR count). The van der Waals surface area contributed by atoms with Crippen molar-refractivity contribution in [1.82, 2.24) is 0 Å². The van der Waals surface area contributed by atoms with Gasteiger partial charge >= 0.3 is 0 Å². The fraction of sp³-hybridized carbons (Fsp3) is 0.364. The van der Waals surface area contributed by atoms with Gasteiger partial charge in [0.25, 0.3) is 0 Å². The van der Waals surface area contributed by atoms with Gasteiger partial charge in [0, 0.05) is 17.1 Å². The largest absolute Gasteiger partial charge is 0.486 e. The van der Waals surface area contributed by atoms with E-state index in [1.807, 2.05) is 18.2 Å². The third-order valence-corrected chi connectivity index (χ3v) is 2.99. The maximum Gasteiger partial charge on any atom is 0.162 e. The summed E-state index contributed by atoms with van der Waals surface area (Å²) in [5.74, 6) is 2.44. The molecule has 0 saturated carbocycles. The van der Waals surface area contributed by atoms with Crippen LogP contribution in [0.3, 0.4) is 0 Å². The molecule has 0 radical (unpaired) electrons. The second-order valence-corrected chi connectivity index (χ2v) is 4.23. The maximum atomic E-state index is 8.43. The van der Waals surface area contributed by atoms with Gasteiger partial charge in [-0.1, -0.05) is 0 Å². The van der Waals surface area contributed by atoms with Crippen molar-refractivity contribution in [2.75, 3.05) is 19.0 Å². The van der Waals surface area contributed by atoms with Gasteiger partial charge in [0.15, 0.2) is 11.5 Å². The minimum Gasteiger partial charge on any atom is -0.486 e. The van der Waals surface area contributed by atoms with Crippen molar-refractivity contribution in [2.45, 2.75) is 11.3 Å². The van der Waals surface area contributed by atoms with E-state index in [-0.39, 0.29) is 0 Å². The van der Waals surface area contributed by atoms with Crippen LogP contribution in [0.25, 0.3) is 0 Å². The van der Waals surface area contributed by atoms with Crippen LogP contribution in [-0.4, -0.2) is 19.0 Å². The molecule has 1 aromatic carbocycles. The lowest BCUT2D eigenvalue weighted by molar-refractivity contribution is 0.171. The van der Waals surface area contributed by atoms with Crippen LogP contribution in [0.1, 0.15) is 6.42 Å². The van der Waals surface area contributed by atoms with Crippen LogP contribution in [0.4, 0.5) is 0 Å². The van der Waals surface area contributed by atoms with E-state index in [0.717, 1.165) is 22.1 Å². The third kappa shape index (κ3) is 2.57. The highest BCUT2D eigenvalue weighted by Crippen LogP contribution is 2.34. The standard InChI is InChI=1S/C11H11NO2S/c12-4-1-7-15-9-2-3-10-11(8-9)14-6-5-13-10/h2-3,8H,1,5-7H2. The van der Waals surface area contributed by atoms with E-state index < -0.39 is 0 Å². The van der Waals surface area contributed by atoms with E-state index >= 15 is 0 Å². The molecule has 0 unspecified atom stereocenters. The topological polar surface area (TPSA) is 42.2 Å². The quantitative estimate of drug-likeness (QED) is 0.581. The Morgan fingerprint density at radius 2 is 2.07 bits per heavy atom. The zero-order valence-corrected chi connectivity index (χ0v) is 9.05. The minimum atomic E-state index is 0.569. The van der Waals surface area contributed by atoms with Gasteiger partial charge < -0.3 is 9.47 Å². The van der Waals surface area contributed by atoms with Crippen molar-refractivity contribution < 1.29 is 9.47 Å². The molecular weight excluding hydrogens is 210 g/mol. The summed E-state index contributed by atoms with van der Waals surface area (Å²) in [6, 6.07) is 8.01. The number of hydrogen-bond donors (Lipinski definition) is 0. The number of ether oxygens (including phenoxy) is 2. The van der Waals surface area contributed by atoms with Gasteiger partial charge in [0.1, 0.15) is 13.2 Å². The normalized spacial score (nSPS) is 13.3. The summed E-state index contributed by atoms with van der Waals surface area (Å²) in [7, 11) is 0. The third-order valence-electron chi connectivity index (χ3n) is 2.00. The molecule has 0 aromatic heterocycles. The lowest BCUT2D eigenvalue weighted by atomic mass is 10.3. The second-order valence-electron chi connectivity index (χ2n) is 3.06. The van der Waals surface area contributed by atoms with Gasteiger partial charge in [-0.3, -0.25) is 0 Å². The summed E-state index contributed by atoms with van der Waals surface area (Å²) in [6.07, 6.45) is 0.569. The molecule has 0 amide bonds. The summed E-state index contributed by atoms with van der Waals surface area (Å²) in [5.41, 5.74) is 0. The van der Waals surface area contributed by atoms with Gasteiger partial charge in [-0.2, -0.15) is 5.26 Å². The van der Waals surface area contributed by atoms with E-state index in [4.69, 9.17) is 14.7 Å². The van der Waals surface area contributed by atoms with E-state index in [1.54, 1.807) is 11.8 Å². The Morgan fingerprint density at radius 3 is 2.87 bits per heavy atom. The summed E-state index contributed by atoms with van der Waals surface area (Å²) >= 11 is 1.66. The maximum absolute atomic E-state index is 8.43. The number of rotatable bonds is 3. The molecule has 0 spiro atoms. The molecule has 0 bridgehead atoms. The average Bonchev–Trinajstić information content (AvgIpc) is 2.29. The van der Waals surface area contributed by atoms with Gasteiger partial charge in [-0.25, -0.2) is 0 Å². The second kappa shape index (κ2) is 4.94. The molecule has 1 aliphatic rings. The zero-order valence-electron chi connectivity index (χ0n) is 8.23. The SMILES string of the molecule is N#CCCSc1ccc2c(c1)OCCO2. The predicted molar refractivity (Wildman–Crippen MR) is 58.4 cm³/mol. The molecule has 4 heteroatoms. The molecule has 78 valence electrons. The Morgan fingerprint density at radius 1 is 1.27 bits per heavy atom. The lowest BCUT2D eigenvalue weighted by Gasteiger charge is -2.18. The first-order valence-corrected chi connectivity index (χ1v) is 5.78. The molecule has 1 aliphatic heterocycles. The molecule has 0 N–H and O–H groups in total. The van der Waals surface area contributed by atoms with Gasteiger partial charge in [-0.15, -0.1) is 11.8 Å². The number of nitriles is 1. The molecule has 1 aromatic rings. The van der Waals surface area contributed by atoms with Crippen LogP contribution in [0.5, 0.6) is 11.5 Å². The Kier molecular flexibility index (Phi) is 3.36. The van der Waals surface area contributed by atoms with Gasteiger partial charge in [0.2, 0.25) is 0 Å². The number of benzene rings is 1. The first-order valence-electron chi connectivity index (χ1n) is 4.79. The summed E-state index contributed by atoms with van der Waals surface area (Å²) in [5, 5.41) is 8.43. The molecular formula is C11H11NO2S. The predicted octanol–water partition coefficient (Wildman–Crippen LogP) is 2.46. The number of fused-ring (bicyclic) bond motifs is 1. The molecule has 0 saturated heterocycles. The molecule has 0 atom stereocenters. The highest BCUT2D eigenvalue weighted by Gasteiger charge is 2.11. The van der Waals surface area contributed by atoms with Crippen molar-refractivity contribution >= 4 is 11.8 Å². The monoisotopic (exact) mass is 221 g/mol. The smallest absolute Gasteiger partial charge is 0.162 e. The number of thioether (sulfide) groups is 1. The zero-order chi connectivity index (χ0) is 10.5. The average molecular weight is 221 g/mol. The minimum absolute atomic E-state index is 0.569. The van der Waals surface area contributed by atoms with Crippen molar-refractivity contribution in [3.63, 3.8) is 0 Å². The van der Waals surface area contributed by atoms with Crippen molar-refractivity contribution in [2.24, 2.45) is 0 Å². The fourth-order valence-electron chi connectivity index (χ4n) is 1.33. The Hall–Kier alpha value is -1.34. The molecule has 0 aliphatic carbocycles. The van der Waals surface area contributed by atoms with E-state index in [2.05, 4.69) is 6.07 Å². The number of nitrogens with zero attached hydrogens (tertiary/aromatic N) is 1. The van der Waals surface area contributed by atoms with E-state index in [9.17, 15) is 0 Å². The van der Waals surface area contributed by atoms with Crippen LogP contribution >= 0.6 is 11.8 Å². The van der Waals surface area contributed by atoms with Crippen LogP contribution < -0.4 is 9.47 Å². The number of hydrogen-bond acceptors (Lipinski definition) is 4. The van der Waals surface area contributed by atoms with Crippen LogP contribution in [-0.2, 0) is 0 Å². The molecule has 3 nitrogen and oxygen atoms in total. The first kappa shape index (κ1) is 10.2. The first-order chi connectivity index (χ1) is 7.40. The van der Waals surface area contributed by atoms with Gasteiger partial charge in [0.05, 0.1) is 6.07 Å². The van der Waals surface area contributed by atoms with Crippen LogP contribution in [0.2, 0.25) is 0 Å². The summed E-state index contributed by atoms with van der Waals surface area (Å²) < 4.78 is 10.9. The van der Waals surface area contributed by atoms with Crippen molar-refractivity contribution in [3.05, 3.63) is 18.2 Å². The van der Waals surface area contributed by atoms with Crippen molar-refractivity contribution in [1.29, 1.82) is 5.26 Å². The summed E-state index contributed by atoms with van der Waals surface area (Å²) in [4.78, 5) is 1.12. The Bertz CT molecular complexity index is 387. The van der Waals surface area contributed by atoms with E-state index in [1.165, 1.54) is 0 Å². The van der Waals surface area contributed by atoms with Gasteiger partial charge in [-0.05, 0) is 18.2 Å². The molecule has 1 heterocycles. The highest BCUT2D eigenvalue weighted by atomic mass is 32.2. The fourth-order valence-corrected chi connectivity index (χ4v) is 2.11.